The van der Waals surface area contributed by atoms with Crippen molar-refractivity contribution in [1.82, 2.24) is 19.4 Å². The highest BCUT2D eigenvalue weighted by molar-refractivity contribution is 5.82. The molecular weight excluding hydrogens is 434 g/mol. The lowest BCUT2D eigenvalue weighted by atomic mass is 9.95. The molecule has 0 unspecified atom stereocenters. The Morgan fingerprint density at radius 3 is 2.49 bits per heavy atom. The number of likely N-dealkylation sites (tertiary alicyclic amines) is 1. The summed E-state index contributed by atoms with van der Waals surface area (Å²) in [6.45, 7) is 8.14. The third-order valence-electron chi connectivity index (χ3n) is 8.13. The minimum atomic E-state index is 0.234. The summed E-state index contributed by atoms with van der Waals surface area (Å²) in [7, 11) is 0. The van der Waals surface area contributed by atoms with Crippen LogP contribution in [0, 0.1) is 19.8 Å². The van der Waals surface area contributed by atoms with Crippen molar-refractivity contribution < 1.29 is 5.11 Å². The lowest BCUT2D eigenvalue weighted by Crippen LogP contribution is -2.40. The molecule has 35 heavy (non-hydrogen) atoms. The van der Waals surface area contributed by atoms with Crippen LogP contribution in [0.5, 0.6) is 5.75 Å². The zero-order chi connectivity index (χ0) is 24.2. The number of benzene rings is 1. The summed E-state index contributed by atoms with van der Waals surface area (Å²) < 4.78 is 2.18. The average Bonchev–Trinajstić information content (AvgIpc) is 3.02. The first-order chi connectivity index (χ1) is 17.1. The molecule has 1 saturated heterocycles. The Morgan fingerprint density at radius 2 is 1.71 bits per heavy atom. The summed E-state index contributed by atoms with van der Waals surface area (Å²) in [5, 5.41) is 14.2. The minimum Gasteiger partial charge on any atom is -0.506 e. The number of hydrogen-bond donors (Lipinski definition) is 2. The number of para-hydroxylation sites is 1. The molecule has 0 spiro atoms. The van der Waals surface area contributed by atoms with Crippen LogP contribution in [0.3, 0.4) is 0 Å². The molecule has 2 aliphatic rings. The molecule has 3 heterocycles. The van der Waals surface area contributed by atoms with Gasteiger partial charge in [-0.2, -0.15) is 0 Å². The number of nitrogens with one attached hydrogen (secondary N) is 1. The van der Waals surface area contributed by atoms with Crippen molar-refractivity contribution in [3.05, 3.63) is 47.3 Å². The first-order valence-electron chi connectivity index (χ1n) is 13.7. The predicted molar refractivity (Wildman–Crippen MR) is 143 cm³/mol. The highest BCUT2D eigenvalue weighted by atomic mass is 16.3. The van der Waals surface area contributed by atoms with Crippen LogP contribution in [0.15, 0.2) is 30.3 Å². The monoisotopic (exact) mass is 475 g/mol. The summed E-state index contributed by atoms with van der Waals surface area (Å²) in [6, 6.07) is 10.3. The number of anilines is 1. The maximum absolute atomic E-state index is 10.4. The van der Waals surface area contributed by atoms with Gasteiger partial charge in [0.2, 0.25) is 5.95 Å². The Hall–Kier alpha value is -2.60. The summed E-state index contributed by atoms with van der Waals surface area (Å²) in [5.74, 6) is 2.06. The first kappa shape index (κ1) is 24.1. The van der Waals surface area contributed by atoms with Gasteiger partial charge in [-0.1, -0.05) is 50.7 Å². The van der Waals surface area contributed by atoms with E-state index in [4.69, 9.17) is 4.98 Å². The second kappa shape index (κ2) is 11.0. The fraction of sp³-hybridized carbons (Fsp3) is 0.586. The Morgan fingerprint density at radius 1 is 0.943 bits per heavy atom. The molecule has 5 rings (SSSR count). The molecule has 2 fully saturated rings. The molecule has 3 aromatic rings. The van der Waals surface area contributed by atoms with Crippen molar-refractivity contribution in [3.63, 3.8) is 0 Å². The molecule has 1 aliphatic heterocycles. The van der Waals surface area contributed by atoms with Gasteiger partial charge in [0.1, 0.15) is 11.4 Å². The molecule has 0 bridgehead atoms. The van der Waals surface area contributed by atoms with Crippen molar-refractivity contribution in [2.24, 2.45) is 5.92 Å². The molecule has 188 valence electrons. The van der Waals surface area contributed by atoms with Crippen LogP contribution in [-0.2, 0) is 6.54 Å². The van der Waals surface area contributed by atoms with Gasteiger partial charge in [-0.15, -0.1) is 0 Å². The fourth-order valence-electron chi connectivity index (χ4n) is 5.93. The van der Waals surface area contributed by atoms with Crippen LogP contribution in [-0.4, -0.2) is 50.2 Å². The molecule has 1 aromatic carbocycles. The van der Waals surface area contributed by atoms with Gasteiger partial charge < -0.3 is 19.9 Å². The largest absolute Gasteiger partial charge is 0.506 e. The average molecular weight is 476 g/mol. The van der Waals surface area contributed by atoms with Gasteiger partial charge in [-0.3, -0.25) is 4.98 Å². The van der Waals surface area contributed by atoms with Gasteiger partial charge in [-0.25, -0.2) is 4.98 Å². The quantitative estimate of drug-likeness (QED) is 0.408. The van der Waals surface area contributed by atoms with E-state index in [0.717, 1.165) is 54.5 Å². The van der Waals surface area contributed by atoms with Crippen molar-refractivity contribution in [3.8, 4) is 5.75 Å². The van der Waals surface area contributed by atoms with Gasteiger partial charge >= 0.3 is 0 Å². The molecule has 0 radical (unpaired) electrons. The molecule has 1 saturated carbocycles. The van der Waals surface area contributed by atoms with E-state index in [-0.39, 0.29) is 5.75 Å². The van der Waals surface area contributed by atoms with E-state index in [1.165, 1.54) is 57.1 Å². The first-order valence-corrected chi connectivity index (χ1v) is 13.7. The molecular formula is C29H41N5O. The Balaban J connectivity index is 1.26. The lowest BCUT2D eigenvalue weighted by molar-refractivity contribution is 0.200. The number of imidazole rings is 1. The van der Waals surface area contributed by atoms with Crippen LogP contribution < -0.4 is 5.32 Å². The predicted octanol–water partition coefficient (Wildman–Crippen LogP) is 6.04. The SMILES string of the molecule is Cc1ccc(O)c(Cn2c(NC3CCN(CCC4CCCCCC4)CC3)nc3c(C)cccc32)n1. The Bertz CT molecular complexity index is 1120. The number of fused-ring (bicyclic) bond motifs is 1. The minimum absolute atomic E-state index is 0.234. The van der Waals surface area contributed by atoms with E-state index in [1.807, 2.05) is 13.0 Å². The zero-order valence-corrected chi connectivity index (χ0v) is 21.5. The maximum Gasteiger partial charge on any atom is 0.204 e. The topological polar surface area (TPSA) is 66.2 Å². The summed E-state index contributed by atoms with van der Waals surface area (Å²) in [6.07, 6.45) is 12.3. The Labute approximate surface area is 209 Å². The zero-order valence-electron chi connectivity index (χ0n) is 21.5. The summed E-state index contributed by atoms with van der Waals surface area (Å²) in [5.41, 5.74) is 4.85. The van der Waals surface area contributed by atoms with Gasteiger partial charge in [0, 0.05) is 24.8 Å². The molecule has 6 nitrogen and oxygen atoms in total. The maximum atomic E-state index is 10.4. The van der Waals surface area contributed by atoms with Crippen LogP contribution in [0.25, 0.3) is 11.0 Å². The lowest BCUT2D eigenvalue weighted by Gasteiger charge is -2.33. The number of aryl methyl sites for hydroxylation is 2. The second-order valence-corrected chi connectivity index (χ2v) is 10.8. The van der Waals surface area contributed by atoms with Gasteiger partial charge in [0.25, 0.3) is 0 Å². The van der Waals surface area contributed by atoms with Crippen LogP contribution in [0.4, 0.5) is 5.95 Å². The highest BCUT2D eigenvalue weighted by Gasteiger charge is 2.23. The third-order valence-corrected chi connectivity index (χ3v) is 8.13. The second-order valence-electron chi connectivity index (χ2n) is 10.8. The molecule has 1 aliphatic carbocycles. The number of pyridine rings is 1. The highest BCUT2D eigenvalue weighted by Crippen LogP contribution is 2.29. The van der Waals surface area contributed by atoms with E-state index in [9.17, 15) is 5.11 Å². The number of hydrogen-bond acceptors (Lipinski definition) is 5. The number of aromatic nitrogens is 3. The van der Waals surface area contributed by atoms with E-state index in [0.29, 0.717) is 18.3 Å². The fourth-order valence-corrected chi connectivity index (χ4v) is 5.93. The number of rotatable bonds is 7. The van der Waals surface area contributed by atoms with Crippen molar-refractivity contribution in [1.29, 1.82) is 0 Å². The summed E-state index contributed by atoms with van der Waals surface area (Å²) >= 11 is 0. The standard InChI is InChI=1S/C29H41N5O/c1-21-8-7-11-26-28(21)32-29(34(26)20-25-27(35)13-12-22(2)30-25)31-24-15-18-33(19-16-24)17-14-23-9-5-3-4-6-10-23/h7-8,11-13,23-24,35H,3-6,9-10,14-20H2,1-2H3,(H,31,32). The van der Waals surface area contributed by atoms with Gasteiger partial charge in [0.05, 0.1) is 17.6 Å². The molecule has 6 heteroatoms. The van der Waals surface area contributed by atoms with E-state index in [2.05, 4.69) is 44.9 Å². The van der Waals surface area contributed by atoms with E-state index < -0.39 is 0 Å². The molecule has 0 amide bonds. The van der Waals surface area contributed by atoms with E-state index in [1.54, 1.807) is 6.07 Å². The molecule has 0 atom stereocenters. The molecule has 2 N–H and O–H groups in total. The van der Waals surface area contributed by atoms with E-state index >= 15 is 0 Å². The van der Waals surface area contributed by atoms with Crippen molar-refractivity contribution in [2.75, 3.05) is 25.0 Å². The van der Waals surface area contributed by atoms with Crippen LogP contribution in [0.1, 0.15) is 74.7 Å². The van der Waals surface area contributed by atoms with Gasteiger partial charge in [0.15, 0.2) is 0 Å². The van der Waals surface area contributed by atoms with Gasteiger partial charge in [-0.05, 0) is 69.3 Å². The summed E-state index contributed by atoms with van der Waals surface area (Å²) in [4.78, 5) is 12.3. The van der Waals surface area contributed by atoms with Crippen LogP contribution >= 0.6 is 0 Å². The normalized spacial score (nSPS) is 18.7. The van der Waals surface area contributed by atoms with Crippen molar-refractivity contribution >= 4 is 17.0 Å². The smallest absolute Gasteiger partial charge is 0.204 e. The number of aromatic hydroxyl groups is 1. The number of piperidine rings is 1. The van der Waals surface area contributed by atoms with Crippen molar-refractivity contribution in [2.45, 2.75) is 84.2 Å². The third kappa shape index (κ3) is 5.80. The van der Waals surface area contributed by atoms with Crippen LogP contribution in [0.2, 0.25) is 0 Å². The Kier molecular flexibility index (Phi) is 7.57. The number of nitrogens with zero attached hydrogens (tertiary/aromatic N) is 4. The molecule has 2 aromatic heterocycles.